The van der Waals surface area contributed by atoms with E-state index in [1.54, 1.807) is 25.3 Å². The predicted molar refractivity (Wildman–Crippen MR) is 82.1 cm³/mol. The average molecular weight is 301 g/mol. The van der Waals surface area contributed by atoms with Crippen LogP contribution in [0.4, 0.5) is 11.5 Å². The Labute approximate surface area is 126 Å². The van der Waals surface area contributed by atoms with Crippen LogP contribution in [-0.2, 0) is 0 Å². The summed E-state index contributed by atoms with van der Waals surface area (Å²) in [6.45, 7) is 1.91. The summed E-state index contributed by atoms with van der Waals surface area (Å²) in [6.07, 6.45) is 1.91. The Hall–Kier alpha value is -2.40. The van der Waals surface area contributed by atoms with Crippen LogP contribution in [0.15, 0.2) is 52.8 Å². The maximum atomic E-state index is 6.07. The number of halogens is 1. The fraction of sp³-hybridized carbons (Fsp3) is 0.133. The molecule has 3 aromatic rings. The van der Waals surface area contributed by atoms with Gasteiger partial charge in [0, 0.05) is 6.20 Å². The molecule has 5 nitrogen and oxygen atoms in total. The van der Waals surface area contributed by atoms with Gasteiger partial charge in [-0.15, -0.1) is 10.2 Å². The zero-order chi connectivity index (χ0) is 14.8. The van der Waals surface area contributed by atoms with Crippen molar-refractivity contribution in [2.24, 2.45) is 10.2 Å². The van der Waals surface area contributed by atoms with Gasteiger partial charge in [-0.3, -0.25) is 4.40 Å². The molecule has 0 unspecified atom stereocenters. The number of hydrogen-bond acceptors (Lipinski definition) is 4. The molecule has 21 heavy (non-hydrogen) atoms. The number of aromatic nitrogens is 2. The molecule has 0 amide bonds. The molecule has 0 aliphatic rings. The van der Waals surface area contributed by atoms with E-state index in [-0.39, 0.29) is 0 Å². The molecular weight excluding hydrogens is 288 g/mol. The Morgan fingerprint density at radius 3 is 2.81 bits per heavy atom. The number of fused-ring (bicyclic) bond motifs is 1. The Bertz CT molecular complexity index is 826. The largest absolute Gasteiger partial charge is 0.495 e. The summed E-state index contributed by atoms with van der Waals surface area (Å²) in [5.74, 6) is 1.32. The maximum Gasteiger partial charge on any atom is 0.182 e. The van der Waals surface area contributed by atoms with Crippen molar-refractivity contribution in [2.45, 2.75) is 6.92 Å². The quantitative estimate of drug-likeness (QED) is 0.657. The van der Waals surface area contributed by atoms with Crippen molar-refractivity contribution in [2.75, 3.05) is 7.11 Å². The van der Waals surface area contributed by atoms with Gasteiger partial charge in [-0.2, -0.15) is 0 Å². The van der Waals surface area contributed by atoms with Crippen LogP contribution in [0.25, 0.3) is 5.65 Å². The van der Waals surface area contributed by atoms with E-state index in [0.717, 1.165) is 11.3 Å². The molecule has 0 saturated heterocycles. The Morgan fingerprint density at radius 2 is 2.05 bits per heavy atom. The van der Waals surface area contributed by atoms with Gasteiger partial charge in [0.05, 0.1) is 23.5 Å². The van der Waals surface area contributed by atoms with E-state index in [0.29, 0.717) is 22.3 Å². The third-order valence-electron chi connectivity index (χ3n) is 3.07. The molecule has 0 fully saturated rings. The molecule has 0 N–H and O–H groups in total. The number of rotatable bonds is 3. The third kappa shape index (κ3) is 2.60. The van der Waals surface area contributed by atoms with Crippen LogP contribution in [0.3, 0.4) is 0 Å². The van der Waals surface area contributed by atoms with Gasteiger partial charge in [0.2, 0.25) is 0 Å². The van der Waals surface area contributed by atoms with Crippen LogP contribution < -0.4 is 4.74 Å². The summed E-state index contributed by atoms with van der Waals surface area (Å²) in [4.78, 5) is 4.43. The van der Waals surface area contributed by atoms with Crippen LogP contribution in [0.2, 0.25) is 5.02 Å². The second-order valence-electron chi connectivity index (χ2n) is 4.47. The van der Waals surface area contributed by atoms with E-state index >= 15 is 0 Å². The maximum absolute atomic E-state index is 6.07. The number of methoxy groups -OCH3 is 1. The molecule has 0 spiro atoms. The highest BCUT2D eigenvalue weighted by molar-refractivity contribution is 6.32. The summed E-state index contributed by atoms with van der Waals surface area (Å²) >= 11 is 6.07. The van der Waals surface area contributed by atoms with E-state index in [2.05, 4.69) is 15.2 Å². The standard InChI is InChI=1S/C15H13ClN4O/c1-10-15(20-8-4-3-5-14(20)17-10)19-18-11-6-7-13(21-2)12(16)9-11/h3-9H,1-2H3. The van der Waals surface area contributed by atoms with Gasteiger partial charge in [0.1, 0.15) is 11.4 Å². The monoisotopic (exact) mass is 300 g/mol. The Morgan fingerprint density at radius 1 is 1.19 bits per heavy atom. The highest BCUT2D eigenvalue weighted by Crippen LogP contribution is 2.30. The summed E-state index contributed by atoms with van der Waals surface area (Å²) in [7, 11) is 1.57. The summed E-state index contributed by atoms with van der Waals surface area (Å²) in [5, 5.41) is 9.01. The number of azo groups is 1. The molecule has 0 aliphatic carbocycles. The van der Waals surface area contributed by atoms with Crippen molar-refractivity contribution in [1.82, 2.24) is 9.38 Å². The summed E-state index contributed by atoms with van der Waals surface area (Å²) in [5.41, 5.74) is 2.33. The fourth-order valence-corrected chi connectivity index (χ4v) is 2.30. The van der Waals surface area contributed by atoms with Gasteiger partial charge in [-0.25, -0.2) is 4.98 Å². The lowest BCUT2D eigenvalue weighted by Crippen LogP contribution is -1.82. The summed E-state index contributed by atoms with van der Waals surface area (Å²) < 4.78 is 7.00. The Kier molecular flexibility index (Phi) is 3.58. The number of hydrogen-bond donors (Lipinski definition) is 0. The highest BCUT2D eigenvalue weighted by atomic mass is 35.5. The molecule has 0 aliphatic heterocycles. The number of nitrogens with zero attached hydrogens (tertiary/aromatic N) is 4. The molecule has 0 saturated carbocycles. The second-order valence-corrected chi connectivity index (χ2v) is 4.88. The number of ether oxygens (including phenoxy) is 1. The zero-order valence-corrected chi connectivity index (χ0v) is 12.4. The van der Waals surface area contributed by atoms with Crippen molar-refractivity contribution < 1.29 is 4.74 Å². The van der Waals surface area contributed by atoms with Gasteiger partial charge in [-0.05, 0) is 37.3 Å². The number of aryl methyl sites for hydroxylation is 1. The SMILES string of the molecule is COc1ccc(N=Nc2c(C)nc3ccccn23)cc1Cl. The second kappa shape index (κ2) is 5.54. The molecule has 0 bridgehead atoms. The van der Waals surface area contributed by atoms with Crippen LogP contribution in [0.5, 0.6) is 5.75 Å². The first-order chi connectivity index (χ1) is 10.2. The molecule has 6 heteroatoms. The molecule has 3 rings (SSSR count). The lowest BCUT2D eigenvalue weighted by molar-refractivity contribution is 0.415. The molecule has 0 radical (unpaired) electrons. The van der Waals surface area contributed by atoms with E-state index in [1.807, 2.05) is 35.7 Å². The van der Waals surface area contributed by atoms with Gasteiger partial charge in [0.25, 0.3) is 0 Å². The molecule has 106 valence electrons. The average Bonchev–Trinajstić information content (AvgIpc) is 2.81. The van der Waals surface area contributed by atoms with Crippen molar-refractivity contribution >= 4 is 28.8 Å². The van der Waals surface area contributed by atoms with Crippen molar-refractivity contribution in [1.29, 1.82) is 0 Å². The lowest BCUT2D eigenvalue weighted by Gasteiger charge is -2.02. The van der Waals surface area contributed by atoms with Crippen molar-refractivity contribution in [3.8, 4) is 5.75 Å². The minimum absolute atomic E-state index is 0.504. The van der Waals surface area contributed by atoms with E-state index in [1.165, 1.54) is 0 Å². The minimum atomic E-state index is 0.504. The van der Waals surface area contributed by atoms with Crippen LogP contribution in [0, 0.1) is 6.92 Å². The molecular formula is C15H13ClN4O. The van der Waals surface area contributed by atoms with E-state index < -0.39 is 0 Å². The van der Waals surface area contributed by atoms with Crippen LogP contribution in [-0.4, -0.2) is 16.5 Å². The Balaban J connectivity index is 1.98. The fourth-order valence-electron chi connectivity index (χ4n) is 2.04. The first-order valence-electron chi connectivity index (χ1n) is 6.38. The number of imidazole rings is 1. The summed E-state index contributed by atoms with van der Waals surface area (Å²) in [6, 6.07) is 11.1. The van der Waals surface area contributed by atoms with Crippen molar-refractivity contribution in [3.63, 3.8) is 0 Å². The van der Waals surface area contributed by atoms with Crippen LogP contribution in [0.1, 0.15) is 5.69 Å². The predicted octanol–water partition coefficient (Wildman–Crippen LogP) is 4.72. The lowest BCUT2D eigenvalue weighted by atomic mass is 10.3. The van der Waals surface area contributed by atoms with Gasteiger partial charge in [0.15, 0.2) is 5.82 Å². The van der Waals surface area contributed by atoms with Crippen molar-refractivity contribution in [3.05, 3.63) is 53.3 Å². The van der Waals surface area contributed by atoms with Gasteiger partial charge < -0.3 is 4.74 Å². The topological polar surface area (TPSA) is 51.2 Å². The van der Waals surface area contributed by atoms with Crippen LogP contribution >= 0.6 is 11.6 Å². The smallest absolute Gasteiger partial charge is 0.182 e. The first kappa shape index (κ1) is 13.6. The highest BCUT2D eigenvalue weighted by Gasteiger charge is 2.07. The number of benzene rings is 1. The van der Waals surface area contributed by atoms with E-state index in [9.17, 15) is 0 Å². The minimum Gasteiger partial charge on any atom is -0.495 e. The van der Waals surface area contributed by atoms with Gasteiger partial charge in [-0.1, -0.05) is 17.7 Å². The molecule has 2 aromatic heterocycles. The zero-order valence-electron chi connectivity index (χ0n) is 11.6. The molecule has 2 heterocycles. The molecule has 1 aromatic carbocycles. The number of pyridine rings is 1. The normalized spacial score (nSPS) is 11.4. The van der Waals surface area contributed by atoms with Gasteiger partial charge >= 0.3 is 0 Å². The van der Waals surface area contributed by atoms with E-state index in [4.69, 9.17) is 16.3 Å². The third-order valence-corrected chi connectivity index (χ3v) is 3.36. The first-order valence-corrected chi connectivity index (χ1v) is 6.76. The molecule has 0 atom stereocenters.